The zero-order valence-electron chi connectivity index (χ0n) is 18.6. The van der Waals surface area contributed by atoms with Crippen LogP contribution in [-0.4, -0.2) is 30.1 Å². The Labute approximate surface area is 192 Å². The quantitative estimate of drug-likeness (QED) is 0.420. The summed E-state index contributed by atoms with van der Waals surface area (Å²) in [4.78, 5) is 21.1. The number of nitrogens with one attached hydrogen (secondary N) is 1. The minimum absolute atomic E-state index is 0.0405. The third-order valence-electron chi connectivity index (χ3n) is 4.62. The molecule has 2 aromatic carbocycles. The van der Waals surface area contributed by atoms with Gasteiger partial charge in [0.15, 0.2) is 0 Å². The van der Waals surface area contributed by atoms with Gasteiger partial charge in [0.05, 0.1) is 18.8 Å². The van der Waals surface area contributed by atoms with Gasteiger partial charge >= 0.3 is 0 Å². The molecule has 0 aliphatic rings. The zero-order valence-corrected chi connectivity index (χ0v) is 18.6. The number of rotatable bonds is 7. The van der Waals surface area contributed by atoms with Crippen molar-refractivity contribution in [2.24, 2.45) is 10.7 Å². The van der Waals surface area contributed by atoms with Gasteiger partial charge in [-0.3, -0.25) is 4.79 Å². The average Bonchev–Trinajstić information content (AvgIpc) is 2.82. The molecule has 0 saturated heterocycles. The molecule has 0 radical (unpaired) electrons. The fourth-order valence-electron chi connectivity index (χ4n) is 3.10. The molecule has 1 heterocycles. The molecule has 3 aromatic rings. The number of ether oxygens (including phenoxy) is 2. The molecular weight excluding hydrogens is 418 g/mol. The van der Waals surface area contributed by atoms with E-state index in [4.69, 9.17) is 20.5 Å². The predicted molar refractivity (Wildman–Crippen MR) is 126 cm³/mol. The van der Waals surface area contributed by atoms with Gasteiger partial charge in [0.1, 0.15) is 23.6 Å². The Morgan fingerprint density at radius 2 is 1.88 bits per heavy atom. The van der Waals surface area contributed by atoms with E-state index in [0.29, 0.717) is 11.3 Å². The molecular formula is C25H25N5O3. The van der Waals surface area contributed by atoms with Gasteiger partial charge < -0.3 is 20.5 Å². The van der Waals surface area contributed by atoms with Gasteiger partial charge in [-0.1, -0.05) is 24.3 Å². The van der Waals surface area contributed by atoms with E-state index in [0.717, 1.165) is 16.9 Å². The second-order valence-corrected chi connectivity index (χ2v) is 7.43. The van der Waals surface area contributed by atoms with Crippen molar-refractivity contribution in [3.8, 4) is 11.8 Å². The maximum Gasteiger partial charge on any atom is 0.282 e. The number of hydrogen-bond acceptors (Lipinski definition) is 6. The van der Waals surface area contributed by atoms with Gasteiger partial charge in [0.2, 0.25) is 0 Å². The molecule has 8 heteroatoms. The first-order chi connectivity index (χ1) is 15.9. The molecule has 0 fully saturated rings. The molecule has 1 unspecified atom stereocenters. The van der Waals surface area contributed by atoms with Crippen LogP contribution in [-0.2, 0) is 4.74 Å². The van der Waals surface area contributed by atoms with E-state index in [-0.39, 0.29) is 23.7 Å². The van der Waals surface area contributed by atoms with Crippen LogP contribution in [0.2, 0.25) is 0 Å². The lowest BCUT2D eigenvalue weighted by Gasteiger charge is -2.17. The Bertz CT molecular complexity index is 1170. The summed E-state index contributed by atoms with van der Waals surface area (Å²) in [5, 5.41) is 11.7. The van der Waals surface area contributed by atoms with E-state index >= 15 is 0 Å². The zero-order chi connectivity index (χ0) is 23.8. The first-order valence-electron chi connectivity index (χ1n) is 10.3. The molecule has 1 atom stereocenters. The number of methoxy groups -OCH3 is 1. The molecule has 168 valence electrons. The molecule has 0 spiro atoms. The molecule has 33 heavy (non-hydrogen) atoms. The van der Waals surface area contributed by atoms with E-state index in [2.05, 4.69) is 15.3 Å². The summed E-state index contributed by atoms with van der Waals surface area (Å²) < 4.78 is 10.8. The number of nitrogens with zero attached hydrogens (tertiary/aromatic N) is 3. The van der Waals surface area contributed by atoms with Gasteiger partial charge in [0, 0.05) is 11.9 Å². The highest BCUT2D eigenvalue weighted by atomic mass is 16.5. The summed E-state index contributed by atoms with van der Waals surface area (Å²) in [5.41, 5.74) is 8.71. The summed E-state index contributed by atoms with van der Waals surface area (Å²) in [6.45, 7) is 3.93. The van der Waals surface area contributed by atoms with Gasteiger partial charge in [-0.25, -0.2) is 9.98 Å². The third kappa shape index (κ3) is 6.31. The summed E-state index contributed by atoms with van der Waals surface area (Å²) in [6.07, 6.45) is 1.43. The van der Waals surface area contributed by atoms with Crippen LogP contribution >= 0.6 is 0 Å². The van der Waals surface area contributed by atoms with Crippen LogP contribution < -0.4 is 15.8 Å². The summed E-state index contributed by atoms with van der Waals surface area (Å²) in [5.74, 6) is 0.371. The van der Waals surface area contributed by atoms with E-state index in [1.165, 1.54) is 19.4 Å². The largest absolute Gasteiger partial charge is 0.491 e. The van der Waals surface area contributed by atoms with E-state index in [1.807, 2.05) is 62.4 Å². The van der Waals surface area contributed by atoms with Crippen molar-refractivity contribution in [1.29, 1.82) is 5.26 Å². The molecule has 8 nitrogen and oxygen atoms in total. The Balaban J connectivity index is 1.88. The molecule has 3 rings (SSSR count). The third-order valence-corrected chi connectivity index (χ3v) is 4.62. The number of nitrogens with two attached hydrogens (primary N) is 1. The fourth-order valence-corrected chi connectivity index (χ4v) is 3.10. The van der Waals surface area contributed by atoms with Crippen LogP contribution in [0.15, 0.2) is 71.9 Å². The lowest BCUT2D eigenvalue weighted by Crippen LogP contribution is -2.16. The van der Waals surface area contributed by atoms with Gasteiger partial charge in [-0.15, -0.1) is 0 Å². The Morgan fingerprint density at radius 3 is 2.48 bits per heavy atom. The monoisotopic (exact) mass is 443 g/mol. The predicted octanol–water partition coefficient (Wildman–Crippen LogP) is 4.04. The van der Waals surface area contributed by atoms with Crippen molar-refractivity contribution in [2.45, 2.75) is 26.0 Å². The minimum Gasteiger partial charge on any atom is -0.491 e. The van der Waals surface area contributed by atoms with Gasteiger partial charge in [0.25, 0.3) is 11.9 Å². The van der Waals surface area contributed by atoms with Crippen LogP contribution in [0.5, 0.6) is 5.75 Å². The SMILES string of the molecule is COC(N)=NC(c1ccc(OC(C)C)cc1)c1cccc(NC(=O)c2ccc(C#N)cn2)c1. The summed E-state index contributed by atoms with van der Waals surface area (Å²) in [6, 6.07) is 19.5. The number of pyridine rings is 1. The van der Waals surface area contributed by atoms with Crippen molar-refractivity contribution in [3.63, 3.8) is 0 Å². The number of benzene rings is 2. The van der Waals surface area contributed by atoms with Crippen molar-refractivity contribution in [1.82, 2.24) is 4.98 Å². The highest BCUT2D eigenvalue weighted by molar-refractivity contribution is 6.02. The van der Waals surface area contributed by atoms with Crippen LogP contribution in [0.4, 0.5) is 5.69 Å². The molecule has 0 saturated carbocycles. The average molecular weight is 444 g/mol. The first kappa shape index (κ1) is 23.3. The molecule has 0 aliphatic carbocycles. The maximum absolute atomic E-state index is 12.6. The standard InChI is InChI=1S/C25H25N5O3/c1-16(2)33-21-10-8-18(9-11-21)23(30-25(27)32-3)19-5-4-6-20(13-19)29-24(31)22-12-7-17(14-26)15-28-22/h4-13,15-16,23H,1-3H3,(H2,27,30)(H,29,31). The maximum atomic E-state index is 12.6. The Kier molecular flexibility index (Phi) is 7.60. The molecule has 0 bridgehead atoms. The number of carbonyl (C=O) groups is 1. The number of nitriles is 1. The van der Waals surface area contributed by atoms with Crippen molar-refractivity contribution < 1.29 is 14.3 Å². The lowest BCUT2D eigenvalue weighted by atomic mass is 9.98. The van der Waals surface area contributed by atoms with Crippen molar-refractivity contribution >= 4 is 17.6 Å². The minimum atomic E-state index is -0.456. The van der Waals surface area contributed by atoms with Gasteiger partial charge in [-0.2, -0.15) is 5.26 Å². The van der Waals surface area contributed by atoms with Crippen LogP contribution in [0, 0.1) is 11.3 Å². The normalized spacial score (nSPS) is 12.0. The second kappa shape index (κ2) is 10.8. The number of amidine groups is 1. The number of carbonyl (C=O) groups excluding carboxylic acids is 1. The van der Waals surface area contributed by atoms with E-state index < -0.39 is 6.04 Å². The lowest BCUT2D eigenvalue weighted by molar-refractivity contribution is 0.102. The van der Waals surface area contributed by atoms with Crippen molar-refractivity contribution in [3.05, 3.63) is 89.2 Å². The van der Waals surface area contributed by atoms with E-state index in [9.17, 15) is 4.79 Å². The highest BCUT2D eigenvalue weighted by Crippen LogP contribution is 2.30. The van der Waals surface area contributed by atoms with E-state index in [1.54, 1.807) is 12.1 Å². The van der Waals surface area contributed by atoms with Crippen molar-refractivity contribution in [2.75, 3.05) is 12.4 Å². The number of aliphatic imine (C=N–C) groups is 1. The molecule has 0 aliphatic heterocycles. The number of amides is 1. The molecule has 1 aromatic heterocycles. The Morgan fingerprint density at radius 1 is 1.12 bits per heavy atom. The van der Waals surface area contributed by atoms with Crippen LogP contribution in [0.1, 0.15) is 47.1 Å². The fraction of sp³-hybridized carbons (Fsp3) is 0.200. The smallest absolute Gasteiger partial charge is 0.282 e. The van der Waals surface area contributed by atoms with Gasteiger partial charge in [-0.05, 0) is 61.4 Å². The summed E-state index contributed by atoms with van der Waals surface area (Å²) >= 11 is 0. The number of anilines is 1. The first-order valence-corrected chi connectivity index (χ1v) is 10.3. The second-order valence-electron chi connectivity index (χ2n) is 7.43. The Hall–Kier alpha value is -4.38. The van der Waals surface area contributed by atoms with Crippen LogP contribution in [0.25, 0.3) is 0 Å². The topological polar surface area (TPSA) is 123 Å². The molecule has 1 amide bonds. The molecule has 3 N–H and O–H groups in total. The number of aromatic nitrogens is 1. The van der Waals surface area contributed by atoms with Crippen LogP contribution in [0.3, 0.4) is 0 Å². The highest BCUT2D eigenvalue weighted by Gasteiger charge is 2.16. The summed E-state index contributed by atoms with van der Waals surface area (Å²) in [7, 11) is 1.46. The number of hydrogen-bond donors (Lipinski definition) is 2.